The van der Waals surface area contributed by atoms with Crippen molar-refractivity contribution in [2.24, 2.45) is 0 Å². The van der Waals surface area contributed by atoms with Crippen LogP contribution in [0.5, 0.6) is 0 Å². The molecule has 11 aromatic carbocycles. The molecule has 316 valence electrons. The molecule has 4 heteroatoms. The van der Waals surface area contributed by atoms with Crippen LogP contribution in [0.1, 0.15) is 0 Å². The Labute approximate surface area is 391 Å². The van der Waals surface area contributed by atoms with Gasteiger partial charge in [0.25, 0.3) is 0 Å². The Hall–Kier alpha value is -9.12. The van der Waals surface area contributed by atoms with Gasteiger partial charge in [-0.25, -0.2) is 9.97 Å². The molecule has 0 amide bonds. The SMILES string of the molecule is c1ccc(-c2ccc(-c3cccc(-c4nc(-c5ccc(-n6c7ccc8ccccc8c7c7c8ccccc8c(-c8ccc9oc%10ccccc%10c9c8)cc76)cc5)nc5ccccc45)c3)cc2)cc1. The van der Waals surface area contributed by atoms with Crippen LogP contribution in [0.4, 0.5) is 0 Å². The molecule has 4 nitrogen and oxygen atoms in total. The summed E-state index contributed by atoms with van der Waals surface area (Å²) < 4.78 is 8.71. The first-order valence-corrected chi connectivity index (χ1v) is 23.1. The summed E-state index contributed by atoms with van der Waals surface area (Å²) in [5.74, 6) is 0.687. The van der Waals surface area contributed by atoms with Gasteiger partial charge in [0.15, 0.2) is 5.82 Å². The Kier molecular flexibility index (Phi) is 8.55. The summed E-state index contributed by atoms with van der Waals surface area (Å²) in [7, 11) is 0. The second-order valence-corrected chi connectivity index (χ2v) is 17.7. The summed E-state index contributed by atoms with van der Waals surface area (Å²) >= 11 is 0. The number of nitrogens with zero attached hydrogens (tertiary/aromatic N) is 3. The maximum Gasteiger partial charge on any atom is 0.160 e. The second kappa shape index (κ2) is 15.2. The lowest BCUT2D eigenvalue weighted by atomic mass is 9.93. The Morgan fingerprint density at radius 2 is 0.926 bits per heavy atom. The third kappa shape index (κ3) is 6.08. The fourth-order valence-electron chi connectivity index (χ4n) is 10.6. The van der Waals surface area contributed by atoms with Crippen molar-refractivity contribution in [3.63, 3.8) is 0 Å². The Balaban J connectivity index is 0.918. The topological polar surface area (TPSA) is 43.9 Å². The van der Waals surface area contributed by atoms with E-state index in [-0.39, 0.29) is 0 Å². The lowest BCUT2D eigenvalue weighted by Gasteiger charge is -2.13. The maximum atomic E-state index is 6.27. The van der Waals surface area contributed by atoms with Gasteiger partial charge in [0.2, 0.25) is 0 Å². The molecule has 0 N–H and O–H groups in total. The van der Waals surface area contributed by atoms with Crippen LogP contribution in [0.15, 0.2) is 241 Å². The maximum absolute atomic E-state index is 6.27. The van der Waals surface area contributed by atoms with Gasteiger partial charge in [-0.05, 0) is 122 Å². The Morgan fingerprint density at radius 1 is 0.324 bits per heavy atom. The zero-order valence-corrected chi connectivity index (χ0v) is 36.8. The van der Waals surface area contributed by atoms with Crippen LogP contribution in [0, 0.1) is 0 Å². The Bertz CT molecular complexity index is 4300. The molecule has 14 aromatic rings. The zero-order chi connectivity index (χ0) is 44.7. The van der Waals surface area contributed by atoms with Gasteiger partial charge in [0, 0.05) is 43.7 Å². The number of hydrogen-bond donors (Lipinski definition) is 0. The minimum absolute atomic E-state index is 0.687. The van der Waals surface area contributed by atoms with Crippen LogP contribution < -0.4 is 0 Å². The molecule has 0 aliphatic heterocycles. The van der Waals surface area contributed by atoms with Crippen LogP contribution in [0.2, 0.25) is 0 Å². The number of para-hydroxylation sites is 2. The van der Waals surface area contributed by atoms with Crippen molar-refractivity contribution in [3.05, 3.63) is 237 Å². The summed E-state index contributed by atoms with van der Waals surface area (Å²) in [4.78, 5) is 10.5. The van der Waals surface area contributed by atoms with Gasteiger partial charge in [-0.15, -0.1) is 0 Å². The van der Waals surface area contributed by atoms with E-state index in [1.165, 1.54) is 49.0 Å². The van der Waals surface area contributed by atoms with E-state index in [1.807, 2.05) is 12.1 Å². The molecule has 0 saturated carbocycles. The summed E-state index contributed by atoms with van der Waals surface area (Å²) in [5.41, 5.74) is 16.0. The molecule has 0 aliphatic carbocycles. The van der Waals surface area contributed by atoms with Crippen LogP contribution >= 0.6 is 0 Å². The molecular weight excluding hydrogens is 827 g/mol. The number of aromatic nitrogens is 3. The normalized spacial score (nSPS) is 11.8. The molecule has 14 rings (SSSR count). The number of fused-ring (bicyclic) bond motifs is 11. The monoisotopic (exact) mass is 865 g/mol. The highest BCUT2D eigenvalue weighted by molar-refractivity contribution is 6.30. The summed E-state index contributed by atoms with van der Waals surface area (Å²) in [6.07, 6.45) is 0. The third-order valence-corrected chi connectivity index (χ3v) is 13.8. The molecule has 3 heterocycles. The first-order chi connectivity index (χ1) is 33.7. The van der Waals surface area contributed by atoms with E-state index in [9.17, 15) is 0 Å². The van der Waals surface area contributed by atoms with Crippen molar-refractivity contribution >= 4 is 76.2 Å². The lowest BCUT2D eigenvalue weighted by Crippen LogP contribution is -1.97. The van der Waals surface area contributed by atoms with Crippen molar-refractivity contribution in [1.82, 2.24) is 14.5 Å². The fourth-order valence-corrected chi connectivity index (χ4v) is 10.6. The van der Waals surface area contributed by atoms with Crippen LogP contribution in [0.25, 0.3) is 138 Å². The average molecular weight is 866 g/mol. The van der Waals surface area contributed by atoms with Crippen LogP contribution in [-0.4, -0.2) is 14.5 Å². The van der Waals surface area contributed by atoms with E-state index in [0.717, 1.165) is 83.1 Å². The number of benzene rings is 11. The van der Waals surface area contributed by atoms with E-state index in [1.54, 1.807) is 0 Å². The molecule has 68 heavy (non-hydrogen) atoms. The first-order valence-electron chi connectivity index (χ1n) is 23.1. The lowest BCUT2D eigenvalue weighted by molar-refractivity contribution is 0.669. The van der Waals surface area contributed by atoms with Crippen molar-refractivity contribution in [1.29, 1.82) is 0 Å². The number of hydrogen-bond acceptors (Lipinski definition) is 3. The highest BCUT2D eigenvalue weighted by atomic mass is 16.3. The van der Waals surface area contributed by atoms with Gasteiger partial charge in [0.05, 0.1) is 22.2 Å². The van der Waals surface area contributed by atoms with E-state index < -0.39 is 0 Å². The van der Waals surface area contributed by atoms with Gasteiger partial charge in [0.1, 0.15) is 11.2 Å². The average Bonchev–Trinajstić information content (AvgIpc) is 3.96. The molecular formula is C64H39N3O. The minimum atomic E-state index is 0.687. The van der Waals surface area contributed by atoms with Crippen molar-refractivity contribution in [2.45, 2.75) is 0 Å². The van der Waals surface area contributed by atoms with Gasteiger partial charge in [-0.2, -0.15) is 0 Å². The smallest absolute Gasteiger partial charge is 0.160 e. The molecule has 0 saturated heterocycles. The van der Waals surface area contributed by atoms with E-state index >= 15 is 0 Å². The number of rotatable bonds is 6. The van der Waals surface area contributed by atoms with E-state index in [4.69, 9.17) is 14.4 Å². The fraction of sp³-hybridized carbons (Fsp3) is 0. The van der Waals surface area contributed by atoms with Crippen LogP contribution in [-0.2, 0) is 0 Å². The second-order valence-electron chi connectivity index (χ2n) is 17.7. The molecule has 0 unspecified atom stereocenters. The summed E-state index contributed by atoms with van der Waals surface area (Å²) in [6.45, 7) is 0. The highest BCUT2D eigenvalue weighted by Crippen LogP contribution is 2.45. The molecule has 0 bridgehead atoms. The largest absolute Gasteiger partial charge is 0.456 e. The predicted molar refractivity (Wildman–Crippen MR) is 283 cm³/mol. The van der Waals surface area contributed by atoms with Crippen molar-refractivity contribution in [2.75, 3.05) is 0 Å². The van der Waals surface area contributed by atoms with Crippen molar-refractivity contribution < 1.29 is 4.42 Å². The molecule has 0 fully saturated rings. The molecule has 0 radical (unpaired) electrons. The van der Waals surface area contributed by atoms with Gasteiger partial charge in [-0.3, -0.25) is 0 Å². The van der Waals surface area contributed by atoms with E-state index in [0.29, 0.717) is 5.82 Å². The number of furan rings is 1. The standard InChI is InChI=1S/C64H39N3O/c1-2-13-40(14-3-1)41-25-27-42(28-26-41)45-16-12-17-47(37-45)63-53-22-8-10-23-56(53)65-64(66-63)44-29-33-48(34-30-44)67-57-35-31-43-15-4-5-18-49(43)61(57)62-52-21-7-6-19-50(52)54(39-58(62)67)46-32-36-60-55(38-46)51-20-9-11-24-59(51)68-60/h1-39H. The first kappa shape index (κ1) is 38.2. The van der Waals surface area contributed by atoms with Crippen LogP contribution in [0.3, 0.4) is 0 Å². The molecule has 0 spiro atoms. The third-order valence-electron chi connectivity index (χ3n) is 13.8. The van der Waals surface area contributed by atoms with E-state index in [2.05, 4.69) is 229 Å². The molecule has 0 aliphatic rings. The predicted octanol–water partition coefficient (Wildman–Crippen LogP) is 17.3. The van der Waals surface area contributed by atoms with Crippen molar-refractivity contribution in [3.8, 4) is 61.7 Å². The quantitative estimate of drug-likeness (QED) is 0.167. The molecule has 0 atom stereocenters. The highest BCUT2D eigenvalue weighted by Gasteiger charge is 2.21. The summed E-state index contributed by atoms with van der Waals surface area (Å²) in [6, 6.07) is 84.6. The van der Waals surface area contributed by atoms with Gasteiger partial charge < -0.3 is 8.98 Å². The van der Waals surface area contributed by atoms with Gasteiger partial charge >= 0.3 is 0 Å². The molecule has 3 aromatic heterocycles. The zero-order valence-electron chi connectivity index (χ0n) is 36.8. The summed E-state index contributed by atoms with van der Waals surface area (Å²) in [5, 5.41) is 10.6. The minimum Gasteiger partial charge on any atom is -0.456 e. The Morgan fingerprint density at radius 3 is 1.76 bits per heavy atom. The van der Waals surface area contributed by atoms with Gasteiger partial charge in [-0.1, -0.05) is 170 Å².